The van der Waals surface area contributed by atoms with Crippen LogP contribution in [0.1, 0.15) is 12.5 Å². The normalized spacial score (nSPS) is 10.7. The predicted octanol–water partition coefficient (Wildman–Crippen LogP) is 3.99. The summed E-state index contributed by atoms with van der Waals surface area (Å²) in [5.41, 5.74) is 3.35. The summed E-state index contributed by atoms with van der Waals surface area (Å²) < 4.78 is 4.84. The summed E-state index contributed by atoms with van der Waals surface area (Å²) in [6, 6.07) is 10.1. The molecule has 0 unspecified atom stereocenters. The van der Waals surface area contributed by atoms with E-state index in [0.29, 0.717) is 6.61 Å². The molecule has 2 nitrogen and oxygen atoms in total. The molecule has 2 aromatic rings. The van der Waals surface area contributed by atoms with Crippen molar-refractivity contribution in [3.05, 3.63) is 52.7 Å². The van der Waals surface area contributed by atoms with Crippen molar-refractivity contribution in [1.29, 1.82) is 0 Å². The van der Waals surface area contributed by atoms with E-state index < -0.39 is 0 Å². The molecule has 18 heavy (non-hydrogen) atoms. The van der Waals surface area contributed by atoms with Gasteiger partial charge in [0.1, 0.15) is 0 Å². The molecule has 0 radical (unpaired) electrons. The Hall–Kier alpha value is -1.87. The second kappa shape index (κ2) is 6.17. The van der Waals surface area contributed by atoms with E-state index in [2.05, 4.69) is 29.0 Å². The van der Waals surface area contributed by atoms with Crippen molar-refractivity contribution in [3.63, 3.8) is 0 Å². The molecule has 1 aromatic heterocycles. The second-order valence-electron chi connectivity index (χ2n) is 3.72. The highest BCUT2D eigenvalue weighted by Gasteiger charge is 1.99. The Balaban J connectivity index is 2.15. The van der Waals surface area contributed by atoms with Crippen LogP contribution in [0.5, 0.6) is 0 Å². The number of hydrogen-bond donors (Lipinski definition) is 0. The molecule has 2 rings (SSSR count). The van der Waals surface area contributed by atoms with Gasteiger partial charge in [-0.3, -0.25) is 0 Å². The fourth-order valence-electron chi connectivity index (χ4n) is 1.61. The second-order valence-corrected chi connectivity index (χ2v) is 4.50. The first-order valence-electron chi connectivity index (χ1n) is 5.77. The number of ether oxygens (including phenoxy) is 1. The van der Waals surface area contributed by atoms with Crippen LogP contribution in [0.15, 0.2) is 47.2 Å². The SMILES string of the molecule is CCOC(=O)/C=C/c1cccc(-c2ccsc2)c1. The van der Waals surface area contributed by atoms with Crippen LogP contribution in [0.2, 0.25) is 0 Å². The lowest BCUT2D eigenvalue weighted by molar-refractivity contribution is -0.137. The third-order valence-electron chi connectivity index (χ3n) is 2.44. The first kappa shape index (κ1) is 12.6. The Morgan fingerprint density at radius 1 is 1.33 bits per heavy atom. The van der Waals surface area contributed by atoms with Crippen LogP contribution >= 0.6 is 11.3 Å². The van der Waals surface area contributed by atoms with Crippen LogP contribution in [-0.2, 0) is 9.53 Å². The number of thiophene rings is 1. The molecule has 0 saturated heterocycles. The van der Waals surface area contributed by atoms with Gasteiger partial charge in [0.05, 0.1) is 6.61 Å². The van der Waals surface area contributed by atoms with Gasteiger partial charge in [0.15, 0.2) is 0 Å². The topological polar surface area (TPSA) is 26.3 Å². The van der Waals surface area contributed by atoms with Crippen molar-refractivity contribution < 1.29 is 9.53 Å². The standard InChI is InChI=1S/C15H14O2S/c1-2-17-15(16)7-6-12-4-3-5-13(10-12)14-8-9-18-11-14/h3-11H,2H2,1H3/b7-6+. The van der Waals surface area contributed by atoms with Crippen LogP contribution in [0, 0.1) is 0 Å². The Morgan fingerprint density at radius 3 is 2.94 bits per heavy atom. The molecule has 0 spiro atoms. The monoisotopic (exact) mass is 258 g/mol. The van der Waals surface area contributed by atoms with Crippen LogP contribution in [0.3, 0.4) is 0 Å². The number of esters is 1. The molecule has 0 N–H and O–H groups in total. The number of rotatable bonds is 4. The van der Waals surface area contributed by atoms with Gasteiger partial charge in [0.25, 0.3) is 0 Å². The van der Waals surface area contributed by atoms with E-state index in [9.17, 15) is 4.79 Å². The Bertz CT molecular complexity index is 541. The molecule has 0 amide bonds. The van der Waals surface area contributed by atoms with Gasteiger partial charge in [0, 0.05) is 6.08 Å². The molecule has 1 aromatic carbocycles. The third kappa shape index (κ3) is 3.31. The first-order chi connectivity index (χ1) is 8.79. The molecule has 0 aliphatic rings. The van der Waals surface area contributed by atoms with Crippen molar-refractivity contribution in [2.75, 3.05) is 6.61 Å². The zero-order valence-corrected chi connectivity index (χ0v) is 10.9. The lowest BCUT2D eigenvalue weighted by Gasteiger charge is -2.00. The highest BCUT2D eigenvalue weighted by Crippen LogP contribution is 2.23. The molecular formula is C15H14O2S. The summed E-state index contributed by atoms with van der Waals surface area (Å²) in [7, 11) is 0. The predicted molar refractivity (Wildman–Crippen MR) is 75.4 cm³/mol. The van der Waals surface area contributed by atoms with Crippen LogP contribution in [0.4, 0.5) is 0 Å². The van der Waals surface area contributed by atoms with Gasteiger partial charge in [-0.05, 0) is 52.6 Å². The van der Waals surface area contributed by atoms with Crippen molar-refractivity contribution >= 4 is 23.4 Å². The molecular weight excluding hydrogens is 244 g/mol. The molecule has 0 aliphatic carbocycles. The largest absolute Gasteiger partial charge is 0.463 e. The lowest BCUT2D eigenvalue weighted by atomic mass is 10.1. The Kier molecular flexibility index (Phi) is 4.31. The van der Waals surface area contributed by atoms with E-state index in [1.807, 2.05) is 12.1 Å². The zero-order valence-electron chi connectivity index (χ0n) is 10.1. The van der Waals surface area contributed by atoms with Gasteiger partial charge in [-0.1, -0.05) is 18.2 Å². The molecule has 0 bridgehead atoms. The van der Waals surface area contributed by atoms with Crippen molar-refractivity contribution in [2.24, 2.45) is 0 Å². The number of benzene rings is 1. The molecule has 92 valence electrons. The summed E-state index contributed by atoms with van der Waals surface area (Å²) in [6.45, 7) is 2.20. The maximum absolute atomic E-state index is 11.2. The Labute approximate surface area is 111 Å². The highest BCUT2D eigenvalue weighted by atomic mass is 32.1. The molecule has 1 heterocycles. The van der Waals surface area contributed by atoms with E-state index in [1.165, 1.54) is 11.6 Å². The fourth-order valence-corrected chi connectivity index (χ4v) is 2.27. The smallest absolute Gasteiger partial charge is 0.330 e. The minimum atomic E-state index is -0.307. The number of hydrogen-bond acceptors (Lipinski definition) is 3. The van der Waals surface area contributed by atoms with Gasteiger partial charge in [-0.15, -0.1) is 0 Å². The summed E-state index contributed by atoms with van der Waals surface area (Å²) in [4.78, 5) is 11.2. The molecule has 0 fully saturated rings. The fraction of sp³-hybridized carbons (Fsp3) is 0.133. The van der Waals surface area contributed by atoms with E-state index in [-0.39, 0.29) is 5.97 Å². The maximum Gasteiger partial charge on any atom is 0.330 e. The Morgan fingerprint density at radius 2 is 2.22 bits per heavy atom. The van der Waals surface area contributed by atoms with Crippen molar-refractivity contribution in [1.82, 2.24) is 0 Å². The average Bonchev–Trinajstić information content (AvgIpc) is 2.91. The zero-order chi connectivity index (χ0) is 12.8. The maximum atomic E-state index is 11.2. The van der Waals surface area contributed by atoms with E-state index in [1.54, 1.807) is 24.3 Å². The molecule has 3 heteroatoms. The van der Waals surface area contributed by atoms with E-state index in [4.69, 9.17) is 4.74 Å². The molecule has 0 saturated carbocycles. The van der Waals surface area contributed by atoms with Gasteiger partial charge in [0.2, 0.25) is 0 Å². The lowest BCUT2D eigenvalue weighted by Crippen LogP contribution is -1.98. The van der Waals surface area contributed by atoms with Crippen molar-refractivity contribution in [2.45, 2.75) is 6.92 Å². The van der Waals surface area contributed by atoms with Crippen molar-refractivity contribution in [3.8, 4) is 11.1 Å². The first-order valence-corrected chi connectivity index (χ1v) is 6.71. The summed E-state index contributed by atoms with van der Waals surface area (Å²) in [5, 5.41) is 4.16. The minimum absolute atomic E-state index is 0.307. The van der Waals surface area contributed by atoms with Gasteiger partial charge in [-0.25, -0.2) is 4.79 Å². The summed E-state index contributed by atoms with van der Waals surface area (Å²) in [5.74, 6) is -0.307. The van der Waals surface area contributed by atoms with Gasteiger partial charge in [-0.2, -0.15) is 11.3 Å². The van der Waals surface area contributed by atoms with E-state index >= 15 is 0 Å². The number of carbonyl (C=O) groups is 1. The number of carbonyl (C=O) groups excluding carboxylic acids is 1. The average molecular weight is 258 g/mol. The van der Waals surface area contributed by atoms with Gasteiger partial charge < -0.3 is 4.74 Å². The quantitative estimate of drug-likeness (QED) is 0.612. The van der Waals surface area contributed by atoms with Crippen LogP contribution in [-0.4, -0.2) is 12.6 Å². The molecule has 0 atom stereocenters. The van der Waals surface area contributed by atoms with Crippen LogP contribution in [0.25, 0.3) is 17.2 Å². The van der Waals surface area contributed by atoms with E-state index in [0.717, 1.165) is 11.1 Å². The highest BCUT2D eigenvalue weighted by molar-refractivity contribution is 7.08. The van der Waals surface area contributed by atoms with Crippen LogP contribution < -0.4 is 0 Å². The summed E-state index contributed by atoms with van der Waals surface area (Å²) in [6.07, 6.45) is 3.23. The third-order valence-corrected chi connectivity index (χ3v) is 3.12. The minimum Gasteiger partial charge on any atom is -0.463 e. The summed E-state index contributed by atoms with van der Waals surface area (Å²) >= 11 is 1.67. The van der Waals surface area contributed by atoms with Gasteiger partial charge >= 0.3 is 5.97 Å². The molecule has 0 aliphatic heterocycles.